The highest BCUT2D eigenvalue weighted by Crippen LogP contribution is 2.39. The van der Waals surface area contributed by atoms with Gasteiger partial charge in [-0.05, 0) is 6.07 Å². The van der Waals surface area contributed by atoms with E-state index >= 15 is 0 Å². The third-order valence-electron chi connectivity index (χ3n) is 2.69. The van der Waals surface area contributed by atoms with Crippen molar-refractivity contribution in [1.82, 2.24) is 20.0 Å². The second-order valence-corrected chi connectivity index (χ2v) is 4.20. The molecule has 0 spiro atoms. The first-order chi connectivity index (χ1) is 7.66. The van der Waals surface area contributed by atoms with Crippen LogP contribution in [-0.4, -0.2) is 27.0 Å². The van der Waals surface area contributed by atoms with Crippen LogP contribution >= 0.6 is 11.6 Å². The number of aryl methyl sites for hydroxylation is 1. The smallest absolute Gasteiger partial charge is 0.152 e. The van der Waals surface area contributed by atoms with Crippen molar-refractivity contribution in [3.63, 3.8) is 0 Å². The van der Waals surface area contributed by atoms with E-state index in [0.717, 1.165) is 22.6 Å². The van der Waals surface area contributed by atoms with Gasteiger partial charge in [0.15, 0.2) is 5.15 Å². The number of pyridine rings is 1. The van der Waals surface area contributed by atoms with Crippen molar-refractivity contribution < 1.29 is 0 Å². The van der Waals surface area contributed by atoms with E-state index in [9.17, 15) is 0 Å². The number of rotatable bonds is 0. The molecular formula is C10H10ClN5. The number of hydrogen-bond acceptors (Lipinski definition) is 4. The molecule has 16 heavy (non-hydrogen) atoms. The fraction of sp³-hybridized carbons (Fsp3) is 0.300. The lowest BCUT2D eigenvalue weighted by molar-refractivity contribution is 0.645. The van der Waals surface area contributed by atoms with Crippen LogP contribution in [0.2, 0.25) is 5.15 Å². The monoisotopic (exact) mass is 235 g/mol. The first-order valence-corrected chi connectivity index (χ1v) is 5.31. The maximum absolute atomic E-state index is 6.10. The lowest BCUT2D eigenvalue weighted by atomic mass is 10.1. The van der Waals surface area contributed by atoms with Crippen molar-refractivity contribution in [3.05, 3.63) is 23.1 Å². The largest absolute Gasteiger partial charge is 0.365 e. The number of aromatic nitrogens is 4. The summed E-state index contributed by atoms with van der Waals surface area (Å²) >= 11 is 6.10. The van der Waals surface area contributed by atoms with Gasteiger partial charge in [-0.15, -0.1) is 0 Å². The second kappa shape index (κ2) is 3.18. The summed E-state index contributed by atoms with van der Waals surface area (Å²) in [6, 6.07) is 1.92. The molecule has 0 aromatic carbocycles. The van der Waals surface area contributed by atoms with Gasteiger partial charge in [0.25, 0.3) is 0 Å². The fourth-order valence-corrected chi connectivity index (χ4v) is 2.35. The topological polar surface area (TPSA) is 46.8 Å². The molecule has 2 aromatic heterocycles. The molecule has 0 radical (unpaired) electrons. The van der Waals surface area contributed by atoms with Gasteiger partial charge in [-0.3, -0.25) is 0 Å². The van der Waals surface area contributed by atoms with E-state index in [1.165, 1.54) is 0 Å². The molecule has 2 aromatic rings. The van der Waals surface area contributed by atoms with E-state index in [-0.39, 0.29) is 0 Å². The van der Waals surface area contributed by atoms with Crippen molar-refractivity contribution in [2.75, 3.05) is 11.9 Å². The minimum atomic E-state index is 0.510. The van der Waals surface area contributed by atoms with Crippen LogP contribution in [0, 0.1) is 0 Å². The summed E-state index contributed by atoms with van der Waals surface area (Å²) in [4.78, 5) is 7.72. The third kappa shape index (κ3) is 1.21. The first kappa shape index (κ1) is 9.59. The zero-order valence-electron chi connectivity index (χ0n) is 8.98. The van der Waals surface area contributed by atoms with Gasteiger partial charge in [0, 0.05) is 25.9 Å². The highest BCUT2D eigenvalue weighted by molar-refractivity contribution is 6.32. The summed E-state index contributed by atoms with van der Waals surface area (Å²) in [5.74, 6) is 0. The first-order valence-electron chi connectivity index (χ1n) is 4.93. The number of nitrogens with zero attached hydrogens (tertiary/aromatic N) is 5. The molecule has 0 unspecified atom stereocenters. The molecule has 82 valence electrons. The van der Waals surface area contributed by atoms with Gasteiger partial charge < -0.3 is 4.90 Å². The van der Waals surface area contributed by atoms with E-state index in [1.807, 2.05) is 25.1 Å². The molecule has 1 aliphatic rings. The molecule has 3 heterocycles. The van der Waals surface area contributed by atoms with Gasteiger partial charge in [0.1, 0.15) is 11.4 Å². The predicted octanol–water partition coefficient (Wildman–Crippen LogP) is 1.48. The zero-order chi connectivity index (χ0) is 11.3. The van der Waals surface area contributed by atoms with E-state index in [4.69, 9.17) is 11.6 Å². The Bertz CT molecular complexity index is 562. The molecule has 0 fully saturated rings. The summed E-state index contributed by atoms with van der Waals surface area (Å²) in [6.07, 6.45) is 1.69. The highest BCUT2D eigenvalue weighted by Gasteiger charge is 2.26. The van der Waals surface area contributed by atoms with Crippen molar-refractivity contribution in [2.45, 2.75) is 6.54 Å². The fourth-order valence-electron chi connectivity index (χ4n) is 2.05. The van der Waals surface area contributed by atoms with E-state index in [0.29, 0.717) is 11.7 Å². The quantitative estimate of drug-likeness (QED) is 0.649. The van der Waals surface area contributed by atoms with Gasteiger partial charge in [-0.2, -0.15) is 15.0 Å². The Hall–Kier alpha value is -1.62. The third-order valence-corrected chi connectivity index (χ3v) is 2.96. The molecule has 0 bridgehead atoms. The Labute approximate surface area is 97.7 Å². The van der Waals surface area contributed by atoms with Gasteiger partial charge in [0.2, 0.25) is 0 Å². The molecule has 0 saturated carbocycles. The summed E-state index contributed by atoms with van der Waals surface area (Å²) in [5, 5.41) is 9.20. The Morgan fingerprint density at radius 3 is 2.94 bits per heavy atom. The number of halogens is 1. The minimum absolute atomic E-state index is 0.510. The predicted molar refractivity (Wildman–Crippen MR) is 61.4 cm³/mol. The molecule has 0 atom stereocenters. The highest BCUT2D eigenvalue weighted by atomic mass is 35.5. The summed E-state index contributed by atoms with van der Waals surface area (Å²) in [5.41, 5.74) is 3.80. The van der Waals surface area contributed by atoms with Crippen LogP contribution in [-0.2, 0) is 13.6 Å². The van der Waals surface area contributed by atoms with Crippen LogP contribution in [0.5, 0.6) is 0 Å². The molecule has 0 aliphatic carbocycles. The number of fused-ring (bicyclic) bond motifs is 3. The molecule has 0 amide bonds. The zero-order valence-corrected chi connectivity index (χ0v) is 9.73. The molecular weight excluding hydrogens is 226 g/mol. The van der Waals surface area contributed by atoms with Gasteiger partial charge in [-0.1, -0.05) is 11.6 Å². The lowest BCUT2D eigenvalue weighted by Gasteiger charge is -2.25. The van der Waals surface area contributed by atoms with E-state index < -0.39 is 0 Å². The van der Waals surface area contributed by atoms with Gasteiger partial charge in [-0.25, -0.2) is 4.98 Å². The maximum Gasteiger partial charge on any atom is 0.152 e. The van der Waals surface area contributed by atoms with Crippen LogP contribution in [0.1, 0.15) is 5.69 Å². The number of hydrogen-bond donors (Lipinski definition) is 0. The Kier molecular flexibility index (Phi) is 1.91. The Morgan fingerprint density at radius 1 is 1.31 bits per heavy atom. The average Bonchev–Trinajstić information content (AvgIpc) is 2.58. The van der Waals surface area contributed by atoms with E-state index in [1.54, 1.807) is 11.0 Å². The average molecular weight is 236 g/mol. The second-order valence-electron chi connectivity index (χ2n) is 3.84. The van der Waals surface area contributed by atoms with Crippen LogP contribution in [0.4, 0.5) is 5.69 Å². The van der Waals surface area contributed by atoms with Gasteiger partial charge in [0.05, 0.1) is 12.2 Å². The molecule has 5 nitrogen and oxygen atoms in total. The summed E-state index contributed by atoms with van der Waals surface area (Å²) in [7, 11) is 3.80. The minimum Gasteiger partial charge on any atom is -0.365 e. The molecule has 6 heteroatoms. The standard InChI is InChI=1S/C10H10ClN5/c1-15-5-7-8(14-16(2)13-7)6-3-4-12-10(11)9(6)15/h3-4H,5H2,1-2H3. The van der Waals surface area contributed by atoms with E-state index in [2.05, 4.69) is 15.2 Å². The normalized spacial score (nSPS) is 13.6. The summed E-state index contributed by atoms with van der Waals surface area (Å²) in [6.45, 7) is 0.710. The molecule has 3 rings (SSSR count). The van der Waals surface area contributed by atoms with Gasteiger partial charge >= 0.3 is 0 Å². The van der Waals surface area contributed by atoms with Crippen LogP contribution in [0.25, 0.3) is 11.3 Å². The number of anilines is 1. The van der Waals surface area contributed by atoms with Crippen molar-refractivity contribution in [3.8, 4) is 11.3 Å². The Morgan fingerprint density at radius 2 is 2.12 bits per heavy atom. The SMILES string of the molecule is CN1Cc2nn(C)nc2-c2ccnc(Cl)c21. The van der Waals surface area contributed by atoms with Crippen LogP contribution < -0.4 is 4.90 Å². The maximum atomic E-state index is 6.10. The van der Waals surface area contributed by atoms with Crippen LogP contribution in [0.15, 0.2) is 12.3 Å². The van der Waals surface area contributed by atoms with Crippen LogP contribution in [0.3, 0.4) is 0 Å². The molecule has 1 aliphatic heterocycles. The molecule has 0 saturated heterocycles. The molecule has 0 N–H and O–H groups in total. The Balaban J connectivity index is 2.32. The lowest BCUT2D eigenvalue weighted by Crippen LogP contribution is -2.22. The van der Waals surface area contributed by atoms with Crippen molar-refractivity contribution in [1.29, 1.82) is 0 Å². The van der Waals surface area contributed by atoms with Crippen molar-refractivity contribution in [2.24, 2.45) is 7.05 Å². The van der Waals surface area contributed by atoms with Crippen molar-refractivity contribution >= 4 is 17.3 Å². The summed E-state index contributed by atoms with van der Waals surface area (Å²) < 4.78 is 0.